The van der Waals surface area contributed by atoms with E-state index in [1.54, 1.807) is 6.20 Å². The molecule has 0 fully saturated rings. The van der Waals surface area contributed by atoms with E-state index in [1.165, 1.54) is 4.90 Å². The van der Waals surface area contributed by atoms with Gasteiger partial charge in [0.15, 0.2) is 12.5 Å². The van der Waals surface area contributed by atoms with E-state index in [2.05, 4.69) is 38.4 Å². The van der Waals surface area contributed by atoms with Gasteiger partial charge in [-0.2, -0.15) is 5.11 Å². The number of benzene rings is 2. The predicted molar refractivity (Wildman–Crippen MR) is 148 cm³/mol. The van der Waals surface area contributed by atoms with Crippen LogP contribution in [0.2, 0.25) is 0 Å². The van der Waals surface area contributed by atoms with E-state index >= 15 is 0 Å². The zero-order valence-corrected chi connectivity index (χ0v) is 22.0. The van der Waals surface area contributed by atoms with Crippen molar-refractivity contribution in [2.45, 2.75) is 52.6 Å². The van der Waals surface area contributed by atoms with E-state index in [0.29, 0.717) is 31.0 Å². The lowest BCUT2D eigenvalue weighted by molar-refractivity contribution is -0.153. The average molecular weight is 512 g/mol. The molecule has 196 valence electrons. The molecule has 2 aromatic carbocycles. The molecule has 8 heteroatoms. The standard InChI is InChI=1S/C30H33N5O3/c1-4-5-11-27(36)35(28(20(2)3)30(37)38)18-24-14-12-23(17-31-24)26-16-22(21-9-7-6-8-10-21)13-15-25(26)29-32-19-33-34-29/h6-10,12-17,20,28H,4-5,11,18-19H2,1-3H3,(H,37,38)/t28-/m0/s1. The minimum Gasteiger partial charge on any atom is -0.480 e. The summed E-state index contributed by atoms with van der Waals surface area (Å²) in [5.41, 5.74) is 5.43. The fraction of sp³-hybridized carbons (Fsp3) is 0.333. The molecular formula is C30H33N5O3. The van der Waals surface area contributed by atoms with Gasteiger partial charge in [0.05, 0.1) is 12.2 Å². The Balaban J connectivity index is 1.67. The molecule has 1 amide bonds. The van der Waals surface area contributed by atoms with E-state index in [-0.39, 0.29) is 18.4 Å². The topological polar surface area (TPSA) is 108 Å². The molecule has 1 atom stereocenters. The molecule has 1 N–H and O–H groups in total. The van der Waals surface area contributed by atoms with Crippen LogP contribution in [-0.2, 0) is 16.1 Å². The van der Waals surface area contributed by atoms with Gasteiger partial charge in [0.1, 0.15) is 6.04 Å². The lowest BCUT2D eigenvalue weighted by Crippen LogP contribution is -2.47. The number of carboxylic acid groups (broad SMARTS) is 1. The Morgan fingerprint density at radius 1 is 0.974 bits per heavy atom. The quantitative estimate of drug-likeness (QED) is 0.330. The third kappa shape index (κ3) is 6.19. The van der Waals surface area contributed by atoms with Crippen LogP contribution in [0.25, 0.3) is 22.3 Å². The third-order valence-electron chi connectivity index (χ3n) is 6.57. The highest BCUT2D eigenvalue weighted by Gasteiger charge is 2.32. The smallest absolute Gasteiger partial charge is 0.326 e. The van der Waals surface area contributed by atoms with E-state index in [9.17, 15) is 14.7 Å². The van der Waals surface area contributed by atoms with Crippen LogP contribution in [0.3, 0.4) is 0 Å². The van der Waals surface area contributed by atoms with Gasteiger partial charge in [-0.05, 0) is 47.2 Å². The molecule has 4 rings (SSSR count). The zero-order valence-electron chi connectivity index (χ0n) is 22.0. The number of amidine groups is 1. The second-order valence-electron chi connectivity index (χ2n) is 9.68. The molecule has 38 heavy (non-hydrogen) atoms. The number of aliphatic carboxylic acids is 1. The summed E-state index contributed by atoms with van der Waals surface area (Å²) in [6.07, 6.45) is 3.65. The largest absolute Gasteiger partial charge is 0.480 e. The first-order valence-electron chi connectivity index (χ1n) is 13.0. The number of hydrogen-bond donors (Lipinski definition) is 1. The van der Waals surface area contributed by atoms with Crippen LogP contribution in [-0.4, -0.2) is 45.4 Å². The van der Waals surface area contributed by atoms with E-state index in [0.717, 1.165) is 34.2 Å². The number of unbranched alkanes of at least 4 members (excludes halogenated alkanes) is 1. The summed E-state index contributed by atoms with van der Waals surface area (Å²) in [4.78, 5) is 35.6. The zero-order chi connectivity index (χ0) is 27.1. The van der Waals surface area contributed by atoms with Gasteiger partial charge in [-0.25, -0.2) is 9.79 Å². The minimum absolute atomic E-state index is 0.135. The number of azo groups is 1. The predicted octanol–water partition coefficient (Wildman–Crippen LogP) is 6.21. The number of amides is 1. The van der Waals surface area contributed by atoms with Gasteiger partial charge >= 0.3 is 5.97 Å². The first kappa shape index (κ1) is 26.9. The summed E-state index contributed by atoms with van der Waals surface area (Å²) in [6, 6.07) is 19.1. The fourth-order valence-corrected chi connectivity index (χ4v) is 4.60. The molecule has 1 aromatic heterocycles. The Morgan fingerprint density at radius 3 is 2.34 bits per heavy atom. The van der Waals surface area contributed by atoms with Gasteiger partial charge in [0.25, 0.3) is 0 Å². The summed E-state index contributed by atoms with van der Waals surface area (Å²) in [5, 5.41) is 18.1. The number of nitrogens with zero attached hydrogens (tertiary/aromatic N) is 5. The number of aliphatic imine (C=N–C) groups is 1. The Kier molecular flexibility index (Phi) is 8.73. The first-order chi connectivity index (χ1) is 18.4. The summed E-state index contributed by atoms with van der Waals surface area (Å²) >= 11 is 0. The Bertz CT molecular complexity index is 1330. The molecule has 3 aromatic rings. The average Bonchev–Trinajstić information content (AvgIpc) is 3.46. The number of carbonyl (C=O) groups is 2. The summed E-state index contributed by atoms with van der Waals surface area (Å²) < 4.78 is 0. The maximum atomic E-state index is 13.0. The Hall–Kier alpha value is -4.20. The second kappa shape index (κ2) is 12.4. The van der Waals surface area contributed by atoms with Gasteiger partial charge in [-0.15, -0.1) is 5.11 Å². The molecule has 0 unspecified atom stereocenters. The lowest BCUT2D eigenvalue weighted by atomic mass is 9.94. The number of pyridine rings is 1. The van der Waals surface area contributed by atoms with Crippen LogP contribution in [0, 0.1) is 5.92 Å². The molecule has 8 nitrogen and oxygen atoms in total. The van der Waals surface area contributed by atoms with Crippen molar-refractivity contribution in [3.8, 4) is 22.3 Å². The van der Waals surface area contributed by atoms with Crippen molar-refractivity contribution in [2.24, 2.45) is 21.1 Å². The van der Waals surface area contributed by atoms with E-state index in [4.69, 9.17) is 0 Å². The van der Waals surface area contributed by atoms with Crippen LogP contribution >= 0.6 is 0 Å². The lowest BCUT2D eigenvalue weighted by Gasteiger charge is -2.31. The van der Waals surface area contributed by atoms with Gasteiger partial charge in [-0.3, -0.25) is 9.78 Å². The van der Waals surface area contributed by atoms with Crippen LogP contribution in [0.4, 0.5) is 0 Å². The van der Waals surface area contributed by atoms with Crippen LogP contribution in [0.1, 0.15) is 51.3 Å². The molecule has 0 saturated carbocycles. The molecule has 0 aliphatic carbocycles. The fourth-order valence-electron chi connectivity index (χ4n) is 4.60. The van der Waals surface area contributed by atoms with Crippen LogP contribution in [0.5, 0.6) is 0 Å². The van der Waals surface area contributed by atoms with Crippen molar-refractivity contribution >= 4 is 17.7 Å². The van der Waals surface area contributed by atoms with Gasteiger partial charge in [-0.1, -0.05) is 69.7 Å². The van der Waals surface area contributed by atoms with Crippen molar-refractivity contribution in [2.75, 3.05) is 6.67 Å². The number of carboxylic acids is 1. The van der Waals surface area contributed by atoms with Crippen molar-refractivity contribution < 1.29 is 14.7 Å². The first-order valence-corrected chi connectivity index (χ1v) is 13.0. The second-order valence-corrected chi connectivity index (χ2v) is 9.68. The highest BCUT2D eigenvalue weighted by Crippen LogP contribution is 2.31. The van der Waals surface area contributed by atoms with Crippen LogP contribution in [0.15, 0.2) is 82.1 Å². The summed E-state index contributed by atoms with van der Waals surface area (Å²) in [6.45, 7) is 6.10. The highest BCUT2D eigenvalue weighted by molar-refractivity contribution is 6.06. The molecule has 1 aliphatic heterocycles. The molecular weight excluding hydrogens is 478 g/mol. The maximum Gasteiger partial charge on any atom is 0.326 e. The molecule has 0 bridgehead atoms. The molecule has 0 spiro atoms. The molecule has 0 radical (unpaired) electrons. The molecule has 0 saturated heterocycles. The monoisotopic (exact) mass is 511 g/mol. The number of carbonyl (C=O) groups excluding carboxylic acids is 1. The molecule has 2 heterocycles. The number of hydrogen-bond acceptors (Lipinski definition) is 6. The summed E-state index contributed by atoms with van der Waals surface area (Å²) in [7, 11) is 0. The highest BCUT2D eigenvalue weighted by atomic mass is 16.4. The normalized spacial score (nSPS) is 13.4. The maximum absolute atomic E-state index is 13.0. The van der Waals surface area contributed by atoms with Crippen molar-refractivity contribution in [1.82, 2.24) is 9.88 Å². The van der Waals surface area contributed by atoms with Gasteiger partial charge in [0.2, 0.25) is 5.91 Å². The van der Waals surface area contributed by atoms with Gasteiger partial charge < -0.3 is 10.0 Å². The third-order valence-corrected chi connectivity index (χ3v) is 6.57. The minimum atomic E-state index is -1.00. The SMILES string of the molecule is CCCCC(=O)N(Cc1ccc(-c2cc(-c3ccccc3)ccc2C2=NCN=N2)cn1)[C@H](C(=O)O)C(C)C. The Morgan fingerprint density at radius 2 is 1.74 bits per heavy atom. The van der Waals surface area contributed by atoms with Crippen molar-refractivity contribution in [3.05, 3.63) is 78.1 Å². The van der Waals surface area contributed by atoms with Crippen molar-refractivity contribution in [3.63, 3.8) is 0 Å². The Labute approximate surface area is 223 Å². The van der Waals surface area contributed by atoms with Gasteiger partial charge in [0, 0.05) is 23.7 Å². The number of rotatable bonds is 11. The summed E-state index contributed by atoms with van der Waals surface area (Å²) in [5.74, 6) is -0.823. The van der Waals surface area contributed by atoms with E-state index < -0.39 is 12.0 Å². The van der Waals surface area contributed by atoms with E-state index in [1.807, 2.05) is 63.2 Å². The van der Waals surface area contributed by atoms with Crippen LogP contribution < -0.4 is 0 Å². The number of aromatic nitrogens is 1. The van der Waals surface area contributed by atoms with Crippen molar-refractivity contribution in [1.29, 1.82) is 0 Å². The molecule has 1 aliphatic rings.